The molecule has 100 valence electrons. The number of hydrogen-bond donors (Lipinski definition) is 2. The Hall–Kier alpha value is -1.000. The van der Waals surface area contributed by atoms with Gasteiger partial charge < -0.3 is 10.4 Å². The first-order valence-electron chi connectivity index (χ1n) is 6.12. The summed E-state index contributed by atoms with van der Waals surface area (Å²) < 4.78 is 0. The summed E-state index contributed by atoms with van der Waals surface area (Å²) in [5.41, 5.74) is 1.89. The van der Waals surface area contributed by atoms with E-state index in [0.717, 1.165) is 11.3 Å². The summed E-state index contributed by atoms with van der Waals surface area (Å²) in [4.78, 5) is 12.0. The van der Waals surface area contributed by atoms with Crippen LogP contribution in [0.1, 0.15) is 26.3 Å². The van der Waals surface area contributed by atoms with Crippen LogP contribution in [-0.2, 0) is 4.79 Å². The van der Waals surface area contributed by atoms with E-state index in [4.69, 9.17) is 0 Å². The lowest BCUT2D eigenvalue weighted by Gasteiger charge is -2.19. The van der Waals surface area contributed by atoms with E-state index in [2.05, 4.69) is 5.32 Å². The van der Waals surface area contributed by atoms with Crippen molar-refractivity contribution >= 4 is 23.4 Å². The first-order chi connectivity index (χ1) is 8.41. The standard InChI is InChI=1S/C14H21NO2S/c1-9-7-5-6-8-13(9)15-14(17)12(4)18-11(3)10(2)16/h5-8,10-12,16H,1-4H3,(H,15,17)/t10-,11-,12+/m1/s1. The molecule has 1 amide bonds. The van der Waals surface area contributed by atoms with Crippen molar-refractivity contribution in [2.75, 3.05) is 5.32 Å². The van der Waals surface area contributed by atoms with Crippen LogP contribution in [0.5, 0.6) is 0 Å². The van der Waals surface area contributed by atoms with Gasteiger partial charge >= 0.3 is 0 Å². The van der Waals surface area contributed by atoms with E-state index in [0.29, 0.717) is 0 Å². The minimum atomic E-state index is -0.413. The molecule has 0 unspecified atom stereocenters. The second kappa shape index (κ2) is 6.81. The molecule has 0 fully saturated rings. The molecule has 18 heavy (non-hydrogen) atoms. The molecule has 3 nitrogen and oxygen atoms in total. The number of rotatable bonds is 5. The molecule has 1 aromatic rings. The van der Waals surface area contributed by atoms with Crippen LogP contribution < -0.4 is 5.32 Å². The Kier molecular flexibility index (Phi) is 5.69. The van der Waals surface area contributed by atoms with E-state index in [1.54, 1.807) is 6.92 Å². The van der Waals surface area contributed by atoms with Gasteiger partial charge in [0, 0.05) is 10.9 Å². The van der Waals surface area contributed by atoms with Crippen LogP contribution in [0.2, 0.25) is 0 Å². The molecule has 0 saturated carbocycles. The Balaban J connectivity index is 2.58. The lowest BCUT2D eigenvalue weighted by Crippen LogP contribution is -2.27. The zero-order valence-electron chi connectivity index (χ0n) is 11.3. The van der Waals surface area contributed by atoms with Crippen molar-refractivity contribution < 1.29 is 9.90 Å². The van der Waals surface area contributed by atoms with Crippen molar-refractivity contribution in [1.82, 2.24) is 0 Å². The lowest BCUT2D eigenvalue weighted by atomic mass is 10.2. The average molecular weight is 267 g/mol. The summed E-state index contributed by atoms with van der Waals surface area (Å²) in [6, 6.07) is 7.70. The van der Waals surface area contributed by atoms with E-state index >= 15 is 0 Å². The summed E-state index contributed by atoms with van der Waals surface area (Å²) in [5, 5.41) is 12.2. The Bertz CT molecular complexity index is 407. The molecule has 0 aliphatic heterocycles. The highest BCUT2D eigenvalue weighted by molar-refractivity contribution is 8.01. The van der Waals surface area contributed by atoms with E-state index < -0.39 is 6.10 Å². The number of hydrogen-bond acceptors (Lipinski definition) is 3. The van der Waals surface area contributed by atoms with Gasteiger partial charge in [-0.25, -0.2) is 0 Å². The second-order valence-corrected chi connectivity index (χ2v) is 6.25. The number of amides is 1. The minimum Gasteiger partial charge on any atom is -0.392 e. The summed E-state index contributed by atoms with van der Waals surface area (Å²) in [6.45, 7) is 7.49. The van der Waals surface area contributed by atoms with Gasteiger partial charge in [0.05, 0.1) is 11.4 Å². The monoisotopic (exact) mass is 267 g/mol. The number of nitrogens with one attached hydrogen (secondary N) is 1. The fourth-order valence-corrected chi connectivity index (χ4v) is 2.50. The van der Waals surface area contributed by atoms with Crippen LogP contribution in [0.15, 0.2) is 24.3 Å². The van der Waals surface area contributed by atoms with E-state index in [1.165, 1.54) is 11.8 Å². The highest BCUT2D eigenvalue weighted by Crippen LogP contribution is 2.22. The Labute approximate surface area is 113 Å². The van der Waals surface area contributed by atoms with Crippen molar-refractivity contribution in [3.05, 3.63) is 29.8 Å². The van der Waals surface area contributed by atoms with Gasteiger partial charge in [-0.3, -0.25) is 4.79 Å². The molecule has 0 bridgehead atoms. The number of carbonyl (C=O) groups is 1. The second-order valence-electron chi connectivity index (χ2n) is 4.53. The number of aliphatic hydroxyl groups is 1. The molecule has 0 aliphatic carbocycles. The number of aliphatic hydroxyl groups excluding tert-OH is 1. The molecule has 2 N–H and O–H groups in total. The van der Waals surface area contributed by atoms with Gasteiger partial charge in [-0.15, -0.1) is 11.8 Å². The number of thioether (sulfide) groups is 1. The molecule has 3 atom stereocenters. The molecule has 0 spiro atoms. The van der Waals surface area contributed by atoms with Crippen molar-refractivity contribution in [2.24, 2.45) is 0 Å². The molecule has 0 aromatic heterocycles. The average Bonchev–Trinajstić information content (AvgIpc) is 2.31. The topological polar surface area (TPSA) is 49.3 Å². The highest BCUT2D eigenvalue weighted by atomic mass is 32.2. The van der Waals surface area contributed by atoms with E-state index in [-0.39, 0.29) is 16.4 Å². The SMILES string of the molecule is Cc1ccccc1NC(=O)[C@H](C)S[C@H](C)[C@@H](C)O. The van der Waals surface area contributed by atoms with Gasteiger partial charge in [-0.05, 0) is 32.4 Å². The molecular weight excluding hydrogens is 246 g/mol. The van der Waals surface area contributed by atoms with E-state index in [9.17, 15) is 9.90 Å². The number of benzene rings is 1. The van der Waals surface area contributed by atoms with Crippen molar-refractivity contribution in [3.8, 4) is 0 Å². The fraction of sp³-hybridized carbons (Fsp3) is 0.500. The normalized spacial score (nSPS) is 15.8. The molecule has 0 aliphatic rings. The first kappa shape index (κ1) is 15.1. The summed E-state index contributed by atoms with van der Waals surface area (Å²) in [5.74, 6) is -0.0261. The van der Waals surface area contributed by atoms with Gasteiger partial charge in [0.2, 0.25) is 5.91 Å². The molecule has 4 heteroatoms. The van der Waals surface area contributed by atoms with Crippen molar-refractivity contribution in [2.45, 2.75) is 44.3 Å². The molecule has 1 rings (SSSR count). The third-order valence-electron chi connectivity index (χ3n) is 2.87. The number of para-hydroxylation sites is 1. The fourth-order valence-electron chi connectivity index (χ4n) is 1.44. The number of carbonyl (C=O) groups excluding carboxylic acids is 1. The smallest absolute Gasteiger partial charge is 0.237 e. The van der Waals surface area contributed by atoms with Crippen molar-refractivity contribution in [3.63, 3.8) is 0 Å². The van der Waals surface area contributed by atoms with Crippen LogP contribution in [0.4, 0.5) is 5.69 Å². The van der Waals surface area contributed by atoms with Gasteiger partial charge in [-0.2, -0.15) is 0 Å². The van der Waals surface area contributed by atoms with Gasteiger partial charge in [-0.1, -0.05) is 25.1 Å². The van der Waals surface area contributed by atoms with Crippen LogP contribution >= 0.6 is 11.8 Å². The molecular formula is C14H21NO2S. The maximum Gasteiger partial charge on any atom is 0.237 e. The zero-order valence-corrected chi connectivity index (χ0v) is 12.1. The quantitative estimate of drug-likeness (QED) is 0.862. The first-order valence-corrected chi connectivity index (χ1v) is 7.06. The summed E-state index contributed by atoms with van der Waals surface area (Å²) in [6.07, 6.45) is -0.413. The van der Waals surface area contributed by atoms with E-state index in [1.807, 2.05) is 45.0 Å². The molecule has 0 radical (unpaired) electrons. The van der Waals surface area contributed by atoms with Gasteiger partial charge in [0.15, 0.2) is 0 Å². The maximum absolute atomic E-state index is 12.0. The molecule has 0 saturated heterocycles. The van der Waals surface area contributed by atoms with Gasteiger partial charge in [0.1, 0.15) is 0 Å². The van der Waals surface area contributed by atoms with Crippen LogP contribution in [0, 0.1) is 6.92 Å². The van der Waals surface area contributed by atoms with Crippen LogP contribution in [-0.4, -0.2) is 27.6 Å². The maximum atomic E-state index is 12.0. The van der Waals surface area contributed by atoms with Gasteiger partial charge in [0.25, 0.3) is 0 Å². The van der Waals surface area contributed by atoms with Crippen molar-refractivity contribution in [1.29, 1.82) is 0 Å². The third kappa shape index (κ3) is 4.35. The molecule has 0 heterocycles. The van der Waals surface area contributed by atoms with Crippen LogP contribution in [0.3, 0.4) is 0 Å². The largest absolute Gasteiger partial charge is 0.392 e. The Morgan fingerprint density at radius 2 is 1.89 bits per heavy atom. The number of anilines is 1. The summed E-state index contributed by atoms with van der Waals surface area (Å²) in [7, 11) is 0. The minimum absolute atomic E-state index is 0.0261. The van der Waals surface area contributed by atoms with Crippen LogP contribution in [0.25, 0.3) is 0 Å². The summed E-state index contributed by atoms with van der Waals surface area (Å²) >= 11 is 1.48. The molecule has 1 aromatic carbocycles. The lowest BCUT2D eigenvalue weighted by molar-refractivity contribution is -0.115. The predicted octanol–water partition coefficient (Wildman–Crippen LogP) is 2.82. The Morgan fingerprint density at radius 3 is 2.44 bits per heavy atom. The Morgan fingerprint density at radius 1 is 1.28 bits per heavy atom. The zero-order chi connectivity index (χ0) is 13.7. The predicted molar refractivity (Wildman–Crippen MR) is 78.0 cm³/mol. The third-order valence-corrected chi connectivity index (χ3v) is 4.32. The number of aryl methyl sites for hydroxylation is 1. The highest BCUT2D eigenvalue weighted by Gasteiger charge is 2.19.